The van der Waals surface area contributed by atoms with Crippen LogP contribution in [0.15, 0.2) is 48.8 Å². The van der Waals surface area contributed by atoms with E-state index in [-0.39, 0.29) is 5.82 Å². The number of rotatable bonds is 3. The number of nitrogens with one attached hydrogen (secondary N) is 1. The van der Waals surface area contributed by atoms with Crippen LogP contribution >= 0.6 is 12.2 Å². The molecule has 3 aromatic rings. The Bertz CT molecular complexity index is 957. The summed E-state index contributed by atoms with van der Waals surface area (Å²) in [5.41, 5.74) is 2.69. The molecule has 5 nitrogen and oxygen atoms in total. The number of ether oxygens (including phenoxy) is 1. The number of fused-ring (bicyclic) bond motifs is 1. The monoisotopic (exact) mass is 368 g/mol. The SMILES string of the molecule is COc1ccc(NC(=S)N2CC(c3ccnc4cc(F)ccc34)C2)cn1. The lowest BCUT2D eigenvalue weighted by Crippen LogP contribution is -2.50. The highest BCUT2D eigenvalue weighted by molar-refractivity contribution is 7.80. The standard InChI is InChI=1S/C19H17FN4OS/c1-25-18-5-3-14(9-22-18)23-19(26)24-10-12(11-24)15-6-7-21-17-8-13(20)2-4-16(15)17/h2-9,12H,10-11H2,1H3,(H,23,26). The van der Waals surface area contributed by atoms with Crippen molar-refractivity contribution in [1.82, 2.24) is 14.9 Å². The molecule has 1 N–H and O–H groups in total. The van der Waals surface area contributed by atoms with Gasteiger partial charge in [0.15, 0.2) is 5.11 Å². The van der Waals surface area contributed by atoms with Gasteiger partial charge in [-0.15, -0.1) is 0 Å². The molecule has 4 rings (SSSR count). The highest BCUT2D eigenvalue weighted by Crippen LogP contribution is 2.32. The highest BCUT2D eigenvalue weighted by atomic mass is 32.1. The molecule has 0 radical (unpaired) electrons. The number of hydrogen-bond donors (Lipinski definition) is 1. The molecule has 1 fully saturated rings. The maximum absolute atomic E-state index is 13.4. The number of benzene rings is 1. The van der Waals surface area contributed by atoms with Crippen molar-refractivity contribution in [2.75, 3.05) is 25.5 Å². The lowest BCUT2D eigenvalue weighted by Gasteiger charge is -2.41. The smallest absolute Gasteiger partial charge is 0.213 e. The largest absolute Gasteiger partial charge is 0.481 e. The minimum Gasteiger partial charge on any atom is -0.481 e. The predicted octanol–water partition coefficient (Wildman–Crippen LogP) is 3.57. The Morgan fingerprint density at radius 3 is 2.81 bits per heavy atom. The quantitative estimate of drug-likeness (QED) is 0.713. The van der Waals surface area contributed by atoms with Gasteiger partial charge in [0.25, 0.3) is 0 Å². The first-order valence-corrected chi connectivity index (χ1v) is 8.65. The van der Waals surface area contributed by atoms with Crippen LogP contribution in [-0.4, -0.2) is 40.2 Å². The molecule has 1 aliphatic rings. The molecule has 0 bridgehead atoms. The van der Waals surface area contributed by atoms with Crippen molar-refractivity contribution >= 4 is 33.9 Å². The third-order valence-corrected chi connectivity index (χ3v) is 4.90. The van der Waals surface area contributed by atoms with E-state index in [1.165, 1.54) is 17.7 Å². The second-order valence-electron chi connectivity index (χ2n) is 6.18. The molecule has 132 valence electrons. The molecule has 0 aliphatic carbocycles. The van der Waals surface area contributed by atoms with Gasteiger partial charge in [0.1, 0.15) is 5.82 Å². The van der Waals surface area contributed by atoms with Gasteiger partial charge in [-0.25, -0.2) is 9.37 Å². The van der Waals surface area contributed by atoms with E-state index in [2.05, 4.69) is 20.2 Å². The zero-order valence-electron chi connectivity index (χ0n) is 14.1. The molecule has 0 amide bonds. The Balaban J connectivity index is 1.42. The number of likely N-dealkylation sites (tertiary alicyclic amines) is 1. The molecule has 3 heterocycles. The fourth-order valence-corrected chi connectivity index (χ4v) is 3.38. The zero-order valence-corrected chi connectivity index (χ0v) is 15.0. The normalized spacial score (nSPS) is 14.2. The first-order chi connectivity index (χ1) is 12.6. The third kappa shape index (κ3) is 3.17. The summed E-state index contributed by atoms with van der Waals surface area (Å²) in [6.07, 6.45) is 3.42. The van der Waals surface area contributed by atoms with E-state index < -0.39 is 0 Å². The summed E-state index contributed by atoms with van der Waals surface area (Å²) >= 11 is 5.48. The van der Waals surface area contributed by atoms with Crippen molar-refractivity contribution in [3.05, 3.63) is 60.2 Å². The summed E-state index contributed by atoms with van der Waals surface area (Å²) in [5.74, 6) is 0.641. The molecule has 0 unspecified atom stereocenters. The summed E-state index contributed by atoms with van der Waals surface area (Å²) in [6.45, 7) is 1.62. The van der Waals surface area contributed by atoms with E-state index >= 15 is 0 Å². The number of hydrogen-bond acceptors (Lipinski definition) is 4. The lowest BCUT2D eigenvalue weighted by atomic mass is 9.89. The van der Waals surface area contributed by atoms with Crippen LogP contribution in [0.4, 0.5) is 10.1 Å². The van der Waals surface area contributed by atoms with Gasteiger partial charge >= 0.3 is 0 Å². The number of aromatic nitrogens is 2. The van der Waals surface area contributed by atoms with Crippen LogP contribution in [0.25, 0.3) is 10.9 Å². The van der Waals surface area contributed by atoms with Crippen molar-refractivity contribution in [1.29, 1.82) is 0 Å². The molecule has 1 aliphatic heterocycles. The average Bonchev–Trinajstić information content (AvgIpc) is 2.61. The minimum atomic E-state index is -0.268. The second kappa shape index (κ2) is 6.84. The van der Waals surface area contributed by atoms with Gasteiger partial charge in [-0.1, -0.05) is 0 Å². The summed E-state index contributed by atoms with van der Waals surface area (Å²) in [7, 11) is 1.58. The number of pyridine rings is 2. The minimum absolute atomic E-state index is 0.268. The van der Waals surface area contributed by atoms with Crippen LogP contribution in [0, 0.1) is 5.82 Å². The molecule has 0 saturated carbocycles. The van der Waals surface area contributed by atoms with Gasteiger partial charge in [-0.05, 0) is 42.0 Å². The van der Waals surface area contributed by atoms with Gasteiger partial charge in [0.05, 0.1) is 24.5 Å². The number of nitrogens with zero attached hydrogens (tertiary/aromatic N) is 3. The van der Waals surface area contributed by atoms with E-state index in [9.17, 15) is 4.39 Å². The summed E-state index contributed by atoms with van der Waals surface area (Å²) in [4.78, 5) is 10.5. The molecular formula is C19H17FN4OS. The predicted molar refractivity (Wildman–Crippen MR) is 103 cm³/mol. The van der Waals surface area contributed by atoms with E-state index in [1.807, 2.05) is 12.1 Å². The molecule has 26 heavy (non-hydrogen) atoms. The van der Waals surface area contributed by atoms with E-state index in [1.54, 1.807) is 31.6 Å². The Morgan fingerprint density at radius 1 is 1.23 bits per heavy atom. The first-order valence-electron chi connectivity index (χ1n) is 8.24. The van der Waals surface area contributed by atoms with Crippen molar-refractivity contribution in [2.24, 2.45) is 0 Å². The van der Waals surface area contributed by atoms with Crippen LogP contribution in [-0.2, 0) is 0 Å². The van der Waals surface area contributed by atoms with Gasteiger partial charge in [0.2, 0.25) is 5.88 Å². The Morgan fingerprint density at radius 2 is 2.08 bits per heavy atom. The van der Waals surface area contributed by atoms with Crippen LogP contribution in [0.2, 0.25) is 0 Å². The van der Waals surface area contributed by atoms with Gasteiger partial charge in [-0.3, -0.25) is 4.98 Å². The fraction of sp³-hybridized carbons (Fsp3) is 0.211. The molecule has 1 aromatic carbocycles. The van der Waals surface area contributed by atoms with Crippen molar-refractivity contribution < 1.29 is 9.13 Å². The van der Waals surface area contributed by atoms with Crippen LogP contribution in [0.5, 0.6) is 5.88 Å². The lowest BCUT2D eigenvalue weighted by molar-refractivity contribution is 0.257. The molecular weight excluding hydrogens is 351 g/mol. The third-order valence-electron chi connectivity index (χ3n) is 4.54. The molecule has 0 atom stereocenters. The van der Waals surface area contributed by atoms with Crippen molar-refractivity contribution in [3.8, 4) is 5.88 Å². The van der Waals surface area contributed by atoms with Gasteiger partial charge in [0, 0.05) is 42.7 Å². The van der Waals surface area contributed by atoms with E-state index in [0.717, 1.165) is 24.2 Å². The fourth-order valence-electron chi connectivity index (χ4n) is 3.12. The maximum atomic E-state index is 13.4. The zero-order chi connectivity index (χ0) is 18.1. The molecule has 1 saturated heterocycles. The van der Waals surface area contributed by atoms with Gasteiger partial charge in [-0.2, -0.15) is 0 Å². The van der Waals surface area contributed by atoms with Crippen LogP contribution < -0.4 is 10.1 Å². The highest BCUT2D eigenvalue weighted by Gasteiger charge is 2.31. The van der Waals surface area contributed by atoms with Crippen molar-refractivity contribution in [2.45, 2.75) is 5.92 Å². The van der Waals surface area contributed by atoms with E-state index in [0.29, 0.717) is 22.4 Å². The summed E-state index contributed by atoms with van der Waals surface area (Å²) in [5, 5.41) is 4.85. The van der Waals surface area contributed by atoms with Crippen LogP contribution in [0.1, 0.15) is 11.5 Å². The van der Waals surface area contributed by atoms with E-state index in [4.69, 9.17) is 17.0 Å². The maximum Gasteiger partial charge on any atom is 0.213 e. The topological polar surface area (TPSA) is 50.3 Å². The molecule has 2 aromatic heterocycles. The van der Waals surface area contributed by atoms with Gasteiger partial charge < -0.3 is 15.0 Å². The number of halogens is 1. The number of anilines is 1. The Hall–Kier alpha value is -2.80. The summed E-state index contributed by atoms with van der Waals surface area (Å²) < 4.78 is 18.5. The second-order valence-corrected chi connectivity index (χ2v) is 6.57. The molecule has 0 spiro atoms. The molecule has 7 heteroatoms. The van der Waals surface area contributed by atoms with Crippen molar-refractivity contribution in [3.63, 3.8) is 0 Å². The number of thiocarbonyl (C=S) groups is 1. The average molecular weight is 368 g/mol. The first kappa shape index (κ1) is 16.7. The number of methoxy groups -OCH3 is 1. The Kier molecular flexibility index (Phi) is 4.38. The Labute approximate surface area is 155 Å². The van der Waals surface area contributed by atoms with Crippen LogP contribution in [0.3, 0.4) is 0 Å². The summed E-state index contributed by atoms with van der Waals surface area (Å²) in [6, 6.07) is 10.4.